The number of nitriles is 2. The number of phenolic OH excluding ortho intramolecular Hbond substituents is 4. The standard InChI is InChI=1S/C49H48N4O10S.C46H44N4O10S/c1-6-16-52-31-18-29-17-25(2)43(59-5)42(56)37(29)40(52)41-47-39-38(46-45(61-24-62-46)26(3)44(39)63-36(55)13-12-27-10-8-7-9-11-27)33(53(41)32(31)21-50)22-60-48(57)49(23-64-47)30-20-35(58-4)34(54)19-28(30)14-15-51-49;1-22-14-26-15-28-29(18-47)50-30-19-57-45(54)46(27-17-32(55-3)31(51)16-25(27)12-13-48-46)20-61-44(38(50)37(49-28)34(26)39(53)40(22)56-4)36-35(30)43-42(58-21-59-43)23(2)41(36)60-33(52)11-10-24-8-6-5-7-9-24/h6-13,17,19-20,31-33,40-41,47,51,54,56H,1,14-16,18,22-24H2,2-5H3;5-11,14,16-17,28-30,37-38,44,48-49,51,53H,12-13,15,19-21H2,1-4H3/b13-12+;11-10+/t31-,32-,33-,40+,41?,47+,49+;28-,29-,30-,37+,38?,44+,46+/m00/s1. The van der Waals surface area contributed by atoms with Crippen molar-refractivity contribution in [3.63, 3.8) is 0 Å². The lowest BCUT2D eigenvalue weighted by molar-refractivity contribution is -0.157. The van der Waals surface area contributed by atoms with E-state index in [1.165, 1.54) is 64.1 Å². The van der Waals surface area contributed by atoms with Crippen molar-refractivity contribution in [2.75, 3.05) is 86.4 Å². The third-order valence-electron chi connectivity index (χ3n) is 26.9. The van der Waals surface area contributed by atoms with E-state index in [0.717, 1.165) is 44.5 Å². The smallest absolute Gasteiger partial charge is 0.336 e. The molecular formula is C95H92N8O20S2. The fourth-order valence-corrected chi connectivity index (χ4v) is 25.1. The average Bonchev–Trinajstić information content (AvgIpc) is 1.47. The lowest BCUT2D eigenvalue weighted by Crippen LogP contribution is -2.70. The monoisotopic (exact) mass is 1730 g/mol. The number of nitrogens with one attached hydrogen (secondary N) is 3. The Balaban J connectivity index is 0.000000164. The molecule has 8 aromatic carbocycles. The van der Waals surface area contributed by atoms with E-state index in [4.69, 9.17) is 56.8 Å². The number of hydrogen-bond acceptors (Lipinski definition) is 30. The zero-order valence-electron chi connectivity index (χ0n) is 69.8. The molecule has 2 unspecified atom stereocenters. The second-order valence-electron chi connectivity index (χ2n) is 33.2. The molecule has 14 heterocycles. The molecule has 0 radical (unpaired) electrons. The Kier molecular flexibility index (Phi) is 21.4. The molecule has 7 N–H and O–H groups in total. The van der Waals surface area contributed by atoms with Gasteiger partial charge in [-0.15, -0.1) is 30.1 Å². The van der Waals surface area contributed by atoms with Crippen molar-refractivity contribution >= 4 is 59.6 Å². The second-order valence-corrected chi connectivity index (χ2v) is 35.5. The zero-order chi connectivity index (χ0) is 86.9. The van der Waals surface area contributed by atoms with Gasteiger partial charge in [0.25, 0.3) is 0 Å². The molecule has 30 heteroatoms. The molecule has 14 aliphatic heterocycles. The topological polar surface area (TPSA) is 353 Å². The number of phenols is 4. The van der Waals surface area contributed by atoms with Crippen LogP contribution in [0.3, 0.4) is 0 Å². The number of benzene rings is 8. The van der Waals surface area contributed by atoms with Gasteiger partial charge in [0.1, 0.15) is 36.8 Å². The summed E-state index contributed by atoms with van der Waals surface area (Å²) in [7, 11) is 5.99. The van der Waals surface area contributed by atoms with E-state index in [9.17, 15) is 45.3 Å². The van der Waals surface area contributed by atoms with E-state index < -0.39 is 93.8 Å². The molecule has 0 saturated carbocycles. The third kappa shape index (κ3) is 13.1. The summed E-state index contributed by atoms with van der Waals surface area (Å²) in [5.74, 6) is 1.28. The number of thioether (sulfide) groups is 2. The van der Waals surface area contributed by atoms with Gasteiger partial charge in [-0.25, -0.2) is 19.2 Å². The fourth-order valence-electron chi connectivity index (χ4n) is 21.7. The maximum Gasteiger partial charge on any atom is 0.336 e. The molecule has 14 aliphatic rings. The molecule has 125 heavy (non-hydrogen) atoms. The maximum absolute atomic E-state index is 15.0. The molecule has 0 aliphatic carbocycles. The Morgan fingerprint density at radius 2 is 1.02 bits per heavy atom. The van der Waals surface area contributed by atoms with E-state index in [1.807, 2.05) is 107 Å². The molecule has 4 fully saturated rings. The van der Waals surface area contributed by atoms with Crippen LogP contribution in [0.15, 0.2) is 122 Å². The number of esters is 4. The first kappa shape index (κ1) is 82.5. The SMILES string of the molecule is C=CCN1[C@@H]2c3c(cc(C)c(OC)c3O)C[C@H]1[C@H](C#N)N1C2[C@@H]2SC[C@]3(NCCc4cc(O)c(OC)cc43)C(=O)OC[C@H]1c1c3c(c(C)c(OC(=O)/C=C/c4ccccc4)c12)OCO3.COc1cc2c(cc1O)CCN[C@]21CS[C@@H]2c3c(OC(=O)/C=C/c4ccccc4)c(C)c4c(c3[C@H](COC1=O)N1C2[C@@H]2N[C@@H](Cc3cc(C)c(OC)c(O)c32)[C@@H]1C#N)OCO4. The molecule has 8 bridgehead atoms. The number of fused-ring (bicyclic) bond motifs is 18. The highest BCUT2D eigenvalue weighted by molar-refractivity contribution is 7.99. The molecule has 4 saturated heterocycles. The van der Waals surface area contributed by atoms with E-state index in [1.54, 1.807) is 36.4 Å². The summed E-state index contributed by atoms with van der Waals surface area (Å²) in [4.78, 5) is 64.5. The number of aryl methyl sites for hydroxylation is 2. The van der Waals surface area contributed by atoms with Gasteiger partial charge in [0, 0.05) is 112 Å². The van der Waals surface area contributed by atoms with Crippen LogP contribution in [0.5, 0.6) is 80.5 Å². The van der Waals surface area contributed by atoms with Crippen LogP contribution in [0.25, 0.3) is 12.2 Å². The number of rotatable bonds is 12. The van der Waals surface area contributed by atoms with Crippen molar-refractivity contribution in [2.24, 2.45) is 0 Å². The van der Waals surface area contributed by atoms with Crippen molar-refractivity contribution < 1.29 is 96.4 Å². The number of aromatic hydroxyl groups is 4. The quantitative estimate of drug-likeness (QED) is 0.0258. The van der Waals surface area contributed by atoms with Gasteiger partial charge in [-0.1, -0.05) is 78.9 Å². The van der Waals surface area contributed by atoms with Crippen LogP contribution in [-0.4, -0.2) is 182 Å². The zero-order valence-corrected chi connectivity index (χ0v) is 71.5. The fraction of sp³-hybridized carbons (Fsp3) is 0.368. The minimum atomic E-state index is -1.41. The van der Waals surface area contributed by atoms with Crippen molar-refractivity contribution in [3.8, 4) is 92.6 Å². The van der Waals surface area contributed by atoms with Crippen LogP contribution < -0.4 is 63.3 Å². The minimum Gasteiger partial charge on any atom is -0.504 e. The molecule has 14 atom stereocenters. The largest absolute Gasteiger partial charge is 0.504 e. The third-order valence-corrected chi connectivity index (χ3v) is 29.8. The summed E-state index contributed by atoms with van der Waals surface area (Å²) in [5.41, 5.74) is 9.90. The molecule has 8 aromatic rings. The molecule has 2 spiro atoms. The summed E-state index contributed by atoms with van der Waals surface area (Å²) in [5, 5.41) is 78.2. The van der Waals surface area contributed by atoms with Gasteiger partial charge in [-0.2, -0.15) is 10.5 Å². The second kappa shape index (κ2) is 32.5. The van der Waals surface area contributed by atoms with E-state index in [0.29, 0.717) is 135 Å². The summed E-state index contributed by atoms with van der Waals surface area (Å²) in [6.07, 6.45) is 9.94. The van der Waals surface area contributed by atoms with E-state index >= 15 is 4.79 Å². The number of methoxy groups -OCH3 is 4. The highest BCUT2D eigenvalue weighted by Gasteiger charge is 2.65. The van der Waals surface area contributed by atoms with Gasteiger partial charge < -0.3 is 82.6 Å². The molecule has 0 aromatic heterocycles. The number of ether oxygens (including phenoxy) is 12. The highest BCUT2D eigenvalue weighted by Crippen LogP contribution is 2.68. The van der Waals surface area contributed by atoms with Crippen LogP contribution in [0, 0.1) is 50.4 Å². The van der Waals surface area contributed by atoms with Crippen molar-refractivity contribution in [3.05, 3.63) is 222 Å². The predicted molar refractivity (Wildman–Crippen MR) is 460 cm³/mol. The molecule has 0 amide bonds. The minimum absolute atomic E-state index is 0.0132. The van der Waals surface area contributed by atoms with Crippen molar-refractivity contribution in [1.29, 1.82) is 10.5 Å². The van der Waals surface area contributed by atoms with E-state index in [-0.39, 0.29) is 96.4 Å². The molecule has 22 rings (SSSR count). The Morgan fingerprint density at radius 3 is 1.50 bits per heavy atom. The lowest BCUT2D eigenvalue weighted by atomic mass is 9.71. The maximum atomic E-state index is 15.0. The average molecular weight is 1730 g/mol. The first-order chi connectivity index (χ1) is 60.6. The predicted octanol–water partition coefficient (Wildman–Crippen LogP) is 11.6. The Labute approximate surface area is 729 Å². The van der Waals surface area contributed by atoms with E-state index in [2.05, 4.69) is 49.4 Å². The summed E-state index contributed by atoms with van der Waals surface area (Å²) >= 11 is 2.92. The van der Waals surface area contributed by atoms with Gasteiger partial charge >= 0.3 is 23.9 Å². The summed E-state index contributed by atoms with van der Waals surface area (Å²) < 4.78 is 73.6. The Bertz CT molecular complexity index is 5980. The van der Waals surface area contributed by atoms with Gasteiger partial charge in [0.15, 0.2) is 80.1 Å². The van der Waals surface area contributed by atoms with Crippen molar-refractivity contribution in [1.82, 2.24) is 30.7 Å². The molecule has 644 valence electrons. The number of carbonyl (C=O) groups excluding carboxylic acids is 4. The number of carbonyl (C=O) groups is 4. The first-order valence-electron chi connectivity index (χ1n) is 41.6. The summed E-state index contributed by atoms with van der Waals surface area (Å²) in [6.45, 7) is 12.2. The Morgan fingerprint density at radius 1 is 0.560 bits per heavy atom. The molecular weight excluding hydrogens is 1640 g/mol. The summed E-state index contributed by atoms with van der Waals surface area (Å²) in [6, 6.07) is 28.7. The number of nitrogens with zero attached hydrogens (tertiary/aromatic N) is 5. The lowest BCUT2D eigenvalue weighted by Gasteiger charge is -2.62. The van der Waals surface area contributed by atoms with Gasteiger partial charge in [-0.3, -0.25) is 25.3 Å². The van der Waals surface area contributed by atoms with Crippen LogP contribution >= 0.6 is 23.5 Å². The Hall–Kier alpha value is -12.1. The van der Waals surface area contributed by atoms with Crippen LogP contribution in [0.1, 0.15) is 135 Å². The first-order valence-corrected chi connectivity index (χ1v) is 43.7. The van der Waals surface area contributed by atoms with Crippen LogP contribution in [-0.2, 0) is 65.4 Å². The molecule has 28 nitrogen and oxygen atoms in total. The van der Waals surface area contributed by atoms with Gasteiger partial charge in [-0.05, 0) is 145 Å². The van der Waals surface area contributed by atoms with Crippen molar-refractivity contribution in [2.45, 2.75) is 135 Å². The van der Waals surface area contributed by atoms with Gasteiger partial charge in [0.2, 0.25) is 13.6 Å². The van der Waals surface area contributed by atoms with Crippen LogP contribution in [0.4, 0.5) is 0 Å². The number of piperazine rings is 2. The number of hydrogen-bond donors (Lipinski definition) is 7. The van der Waals surface area contributed by atoms with Crippen LogP contribution in [0.2, 0.25) is 0 Å². The highest BCUT2D eigenvalue weighted by atomic mass is 32.2. The van der Waals surface area contributed by atoms with Gasteiger partial charge in [0.05, 0.1) is 75.2 Å². The normalized spacial score (nSPS) is 26.7.